The van der Waals surface area contributed by atoms with E-state index in [9.17, 15) is 8.42 Å². The molecule has 7 nitrogen and oxygen atoms in total. The van der Waals surface area contributed by atoms with Crippen LogP contribution in [0.1, 0.15) is 5.69 Å². The fourth-order valence-electron chi connectivity index (χ4n) is 1.96. The van der Waals surface area contributed by atoms with Gasteiger partial charge in [-0.2, -0.15) is 5.10 Å². The first-order valence-electron chi connectivity index (χ1n) is 7.13. The molecule has 122 valence electrons. The highest BCUT2D eigenvalue weighted by Crippen LogP contribution is 2.19. The van der Waals surface area contributed by atoms with Crippen molar-refractivity contribution in [1.29, 1.82) is 0 Å². The summed E-state index contributed by atoms with van der Waals surface area (Å²) in [4.78, 5) is 3.93. The SMILES string of the molecule is Cc1ccc(Nc2ccc(NS(=O)(=O)c3cccnc3)cc2)nn1. The molecule has 0 atom stereocenters. The predicted molar refractivity (Wildman–Crippen MR) is 91.5 cm³/mol. The van der Waals surface area contributed by atoms with Gasteiger partial charge in [-0.1, -0.05) is 0 Å². The number of pyridine rings is 1. The van der Waals surface area contributed by atoms with Crippen LogP contribution in [0.5, 0.6) is 0 Å². The average molecular weight is 341 g/mol. The third-order valence-electron chi connectivity index (χ3n) is 3.15. The quantitative estimate of drug-likeness (QED) is 0.740. The summed E-state index contributed by atoms with van der Waals surface area (Å²) in [7, 11) is -3.65. The molecule has 0 saturated heterocycles. The van der Waals surface area contributed by atoms with Gasteiger partial charge in [0.25, 0.3) is 10.0 Å². The zero-order chi connectivity index (χ0) is 17.0. The van der Waals surface area contributed by atoms with Crippen molar-refractivity contribution in [3.8, 4) is 0 Å². The molecule has 0 bridgehead atoms. The summed E-state index contributed by atoms with van der Waals surface area (Å²) in [5, 5.41) is 11.1. The van der Waals surface area contributed by atoms with Gasteiger partial charge >= 0.3 is 0 Å². The van der Waals surface area contributed by atoms with E-state index in [2.05, 4.69) is 25.2 Å². The molecule has 0 saturated carbocycles. The Morgan fingerprint density at radius 2 is 1.67 bits per heavy atom. The van der Waals surface area contributed by atoms with Crippen LogP contribution in [0.2, 0.25) is 0 Å². The van der Waals surface area contributed by atoms with Gasteiger partial charge in [0, 0.05) is 23.8 Å². The molecular formula is C16H15N5O2S. The summed E-state index contributed by atoms with van der Waals surface area (Å²) in [5.74, 6) is 0.615. The van der Waals surface area contributed by atoms with Crippen molar-refractivity contribution in [2.75, 3.05) is 10.0 Å². The molecule has 8 heteroatoms. The van der Waals surface area contributed by atoms with Crippen LogP contribution in [-0.2, 0) is 10.0 Å². The molecule has 2 N–H and O–H groups in total. The number of sulfonamides is 1. The average Bonchev–Trinajstić information content (AvgIpc) is 2.59. The maximum absolute atomic E-state index is 12.2. The van der Waals surface area contributed by atoms with E-state index in [4.69, 9.17) is 0 Å². The lowest BCUT2D eigenvalue weighted by atomic mass is 10.3. The highest BCUT2D eigenvalue weighted by atomic mass is 32.2. The van der Waals surface area contributed by atoms with E-state index in [1.807, 2.05) is 19.1 Å². The second-order valence-electron chi connectivity index (χ2n) is 5.06. The topological polar surface area (TPSA) is 96.9 Å². The lowest BCUT2D eigenvalue weighted by molar-refractivity contribution is 0.601. The Bertz CT molecular complexity index is 911. The van der Waals surface area contributed by atoms with Crippen molar-refractivity contribution in [2.45, 2.75) is 11.8 Å². The normalized spacial score (nSPS) is 11.0. The van der Waals surface area contributed by atoms with E-state index in [1.54, 1.807) is 30.3 Å². The number of anilines is 3. The Hall–Kier alpha value is -3.00. The van der Waals surface area contributed by atoms with Gasteiger partial charge in [-0.3, -0.25) is 9.71 Å². The Balaban J connectivity index is 1.72. The highest BCUT2D eigenvalue weighted by Gasteiger charge is 2.13. The Morgan fingerprint density at radius 1 is 0.917 bits per heavy atom. The monoisotopic (exact) mass is 341 g/mol. The third-order valence-corrected chi connectivity index (χ3v) is 4.52. The largest absolute Gasteiger partial charge is 0.339 e. The Kier molecular flexibility index (Phi) is 4.39. The van der Waals surface area contributed by atoms with Gasteiger partial charge in [0.05, 0.1) is 5.69 Å². The maximum atomic E-state index is 12.2. The minimum Gasteiger partial charge on any atom is -0.339 e. The lowest BCUT2D eigenvalue weighted by Gasteiger charge is -2.09. The van der Waals surface area contributed by atoms with E-state index >= 15 is 0 Å². The van der Waals surface area contributed by atoms with Gasteiger partial charge in [-0.05, 0) is 55.5 Å². The van der Waals surface area contributed by atoms with Crippen molar-refractivity contribution >= 4 is 27.2 Å². The van der Waals surface area contributed by atoms with Crippen LogP contribution in [0.15, 0.2) is 65.8 Å². The van der Waals surface area contributed by atoms with Gasteiger partial charge in [0.1, 0.15) is 4.90 Å². The molecule has 2 aromatic heterocycles. The van der Waals surface area contributed by atoms with E-state index < -0.39 is 10.0 Å². The molecule has 0 aliphatic heterocycles. The molecule has 24 heavy (non-hydrogen) atoms. The van der Waals surface area contributed by atoms with Gasteiger partial charge < -0.3 is 5.32 Å². The first-order valence-corrected chi connectivity index (χ1v) is 8.61. The Morgan fingerprint density at radius 3 is 2.29 bits per heavy atom. The van der Waals surface area contributed by atoms with Crippen molar-refractivity contribution < 1.29 is 8.42 Å². The maximum Gasteiger partial charge on any atom is 0.263 e. The zero-order valence-electron chi connectivity index (χ0n) is 12.8. The number of nitrogens with zero attached hydrogens (tertiary/aromatic N) is 3. The van der Waals surface area contributed by atoms with E-state index in [0.29, 0.717) is 11.5 Å². The molecule has 0 unspecified atom stereocenters. The third kappa shape index (κ3) is 3.85. The van der Waals surface area contributed by atoms with E-state index in [0.717, 1.165) is 11.4 Å². The van der Waals surface area contributed by atoms with Crippen LogP contribution in [0, 0.1) is 6.92 Å². The van der Waals surface area contributed by atoms with Crippen molar-refractivity contribution in [3.63, 3.8) is 0 Å². The number of aryl methyl sites for hydroxylation is 1. The van der Waals surface area contributed by atoms with E-state index in [1.165, 1.54) is 18.5 Å². The van der Waals surface area contributed by atoms with E-state index in [-0.39, 0.29) is 4.90 Å². The molecule has 0 amide bonds. The summed E-state index contributed by atoms with van der Waals surface area (Å²) < 4.78 is 27.0. The van der Waals surface area contributed by atoms with Crippen molar-refractivity contribution in [3.05, 3.63) is 66.6 Å². The molecule has 2 heterocycles. The van der Waals surface area contributed by atoms with Crippen LogP contribution >= 0.6 is 0 Å². The second-order valence-corrected chi connectivity index (χ2v) is 6.74. The molecule has 0 spiro atoms. The van der Waals surface area contributed by atoms with Crippen molar-refractivity contribution in [1.82, 2.24) is 15.2 Å². The molecule has 0 aliphatic rings. The summed E-state index contributed by atoms with van der Waals surface area (Å²) in [6, 6.07) is 13.6. The molecule has 3 aromatic rings. The fourth-order valence-corrected chi connectivity index (χ4v) is 2.98. The molecule has 3 rings (SSSR count). The van der Waals surface area contributed by atoms with Crippen LogP contribution in [0.4, 0.5) is 17.2 Å². The number of aromatic nitrogens is 3. The minimum atomic E-state index is -3.65. The van der Waals surface area contributed by atoms with Crippen LogP contribution in [0.25, 0.3) is 0 Å². The molecular weight excluding hydrogens is 326 g/mol. The van der Waals surface area contributed by atoms with Gasteiger partial charge in [-0.25, -0.2) is 8.42 Å². The summed E-state index contributed by atoms with van der Waals surface area (Å²) in [6.45, 7) is 1.86. The standard InChI is InChI=1S/C16H15N5O2S/c1-12-4-9-16(20-19-12)18-13-5-7-14(8-6-13)21-24(22,23)15-3-2-10-17-11-15/h2-11,21H,1H3,(H,18,20). The second kappa shape index (κ2) is 6.63. The van der Waals surface area contributed by atoms with Gasteiger partial charge in [0.15, 0.2) is 5.82 Å². The number of nitrogens with one attached hydrogen (secondary N) is 2. The van der Waals surface area contributed by atoms with Crippen molar-refractivity contribution in [2.24, 2.45) is 0 Å². The first kappa shape index (κ1) is 15.9. The van der Waals surface area contributed by atoms with Gasteiger partial charge in [0.2, 0.25) is 0 Å². The number of rotatable bonds is 5. The summed E-state index contributed by atoms with van der Waals surface area (Å²) >= 11 is 0. The van der Waals surface area contributed by atoms with Crippen LogP contribution < -0.4 is 10.0 Å². The first-order chi connectivity index (χ1) is 11.5. The van der Waals surface area contributed by atoms with Crippen LogP contribution in [0.3, 0.4) is 0 Å². The predicted octanol–water partition coefficient (Wildman–Crippen LogP) is 2.72. The number of benzene rings is 1. The van der Waals surface area contributed by atoms with Gasteiger partial charge in [-0.15, -0.1) is 5.10 Å². The minimum absolute atomic E-state index is 0.113. The molecule has 1 aromatic carbocycles. The number of hydrogen-bond acceptors (Lipinski definition) is 6. The summed E-state index contributed by atoms with van der Waals surface area (Å²) in [5.41, 5.74) is 2.07. The lowest BCUT2D eigenvalue weighted by Crippen LogP contribution is -2.13. The number of hydrogen-bond donors (Lipinski definition) is 2. The molecule has 0 aliphatic carbocycles. The molecule has 0 fully saturated rings. The summed E-state index contributed by atoms with van der Waals surface area (Å²) in [6.07, 6.45) is 2.82. The van der Waals surface area contributed by atoms with Crippen LogP contribution in [-0.4, -0.2) is 23.6 Å². The molecule has 0 radical (unpaired) electrons. The fraction of sp³-hybridized carbons (Fsp3) is 0.0625. The Labute approximate surface area is 139 Å². The zero-order valence-corrected chi connectivity index (χ0v) is 13.7. The highest BCUT2D eigenvalue weighted by molar-refractivity contribution is 7.92. The smallest absolute Gasteiger partial charge is 0.263 e.